The Morgan fingerprint density at radius 3 is 2.56 bits per heavy atom. The summed E-state index contributed by atoms with van der Waals surface area (Å²) in [5.41, 5.74) is 5.86. The molecule has 0 amide bonds. The first-order valence-electron chi connectivity index (χ1n) is 6.66. The molecule has 0 spiro atoms. The van der Waals surface area contributed by atoms with Crippen molar-refractivity contribution in [3.8, 4) is 5.75 Å². The van der Waals surface area contributed by atoms with E-state index in [-0.39, 0.29) is 6.04 Å². The Bertz CT molecular complexity index is 349. The molecule has 0 aromatic carbocycles. The van der Waals surface area contributed by atoms with Crippen molar-refractivity contribution in [2.45, 2.75) is 38.1 Å². The Labute approximate surface area is 108 Å². The molecule has 1 unspecified atom stereocenters. The molecule has 1 aromatic heterocycles. The van der Waals surface area contributed by atoms with Crippen LogP contribution in [-0.2, 0) is 0 Å². The van der Waals surface area contributed by atoms with Gasteiger partial charge >= 0.3 is 0 Å². The SMILES string of the molecule is COc1cnc(NC(CN)C2CCCCC2)nc1. The fraction of sp³-hybridized carbons (Fsp3) is 0.692. The summed E-state index contributed by atoms with van der Waals surface area (Å²) in [7, 11) is 1.61. The fourth-order valence-corrected chi connectivity index (χ4v) is 2.57. The molecule has 2 rings (SSSR count). The first-order chi connectivity index (χ1) is 8.83. The number of methoxy groups -OCH3 is 1. The molecule has 1 saturated carbocycles. The van der Waals surface area contributed by atoms with Crippen LogP contribution in [0.4, 0.5) is 5.95 Å². The van der Waals surface area contributed by atoms with E-state index in [9.17, 15) is 0 Å². The third-order valence-corrected chi connectivity index (χ3v) is 3.65. The molecule has 1 fully saturated rings. The lowest BCUT2D eigenvalue weighted by molar-refractivity contribution is 0.319. The lowest BCUT2D eigenvalue weighted by Crippen LogP contribution is -2.37. The van der Waals surface area contributed by atoms with Crippen molar-refractivity contribution in [3.63, 3.8) is 0 Å². The van der Waals surface area contributed by atoms with Crippen LogP contribution in [0.2, 0.25) is 0 Å². The third kappa shape index (κ3) is 3.32. The van der Waals surface area contributed by atoms with E-state index in [1.807, 2.05) is 0 Å². The quantitative estimate of drug-likeness (QED) is 0.833. The summed E-state index contributed by atoms with van der Waals surface area (Å²) in [6, 6.07) is 0.277. The van der Waals surface area contributed by atoms with E-state index in [0.29, 0.717) is 24.2 Å². The van der Waals surface area contributed by atoms with Gasteiger partial charge in [0.25, 0.3) is 0 Å². The zero-order chi connectivity index (χ0) is 12.8. The number of anilines is 1. The van der Waals surface area contributed by atoms with Crippen molar-refractivity contribution in [1.82, 2.24) is 9.97 Å². The standard InChI is InChI=1S/C13H22N4O/c1-18-11-8-15-13(16-9-11)17-12(7-14)10-5-3-2-4-6-10/h8-10,12H,2-7,14H2,1H3,(H,15,16,17). The maximum absolute atomic E-state index is 5.86. The lowest BCUT2D eigenvalue weighted by Gasteiger charge is -2.30. The summed E-state index contributed by atoms with van der Waals surface area (Å²) in [5.74, 6) is 1.95. The summed E-state index contributed by atoms with van der Waals surface area (Å²) < 4.78 is 5.04. The third-order valence-electron chi connectivity index (χ3n) is 3.65. The highest BCUT2D eigenvalue weighted by atomic mass is 16.5. The minimum absolute atomic E-state index is 0.277. The Kier molecular flexibility index (Phi) is 4.75. The molecular formula is C13H22N4O. The average molecular weight is 250 g/mol. The predicted octanol–water partition coefficient (Wildman–Crippen LogP) is 1.80. The summed E-state index contributed by atoms with van der Waals surface area (Å²) in [4.78, 5) is 8.46. The molecule has 0 saturated heterocycles. The van der Waals surface area contributed by atoms with Gasteiger partial charge in [-0.3, -0.25) is 0 Å². The maximum atomic E-state index is 5.86. The van der Waals surface area contributed by atoms with Crippen LogP contribution in [0.1, 0.15) is 32.1 Å². The van der Waals surface area contributed by atoms with Crippen molar-refractivity contribution in [2.75, 3.05) is 19.0 Å². The van der Waals surface area contributed by atoms with Crippen LogP contribution >= 0.6 is 0 Å². The number of nitrogens with zero attached hydrogens (tertiary/aromatic N) is 2. The lowest BCUT2D eigenvalue weighted by atomic mass is 9.84. The van der Waals surface area contributed by atoms with Gasteiger partial charge in [0.15, 0.2) is 5.75 Å². The summed E-state index contributed by atoms with van der Waals surface area (Å²) in [6.07, 6.45) is 9.83. The number of hydrogen-bond acceptors (Lipinski definition) is 5. The molecule has 1 heterocycles. The molecule has 1 aliphatic carbocycles. The van der Waals surface area contributed by atoms with E-state index in [2.05, 4.69) is 15.3 Å². The highest BCUT2D eigenvalue weighted by Gasteiger charge is 2.22. The van der Waals surface area contributed by atoms with Crippen molar-refractivity contribution >= 4 is 5.95 Å². The number of rotatable bonds is 5. The van der Waals surface area contributed by atoms with Crippen LogP contribution in [0.15, 0.2) is 12.4 Å². The van der Waals surface area contributed by atoms with Gasteiger partial charge in [-0.2, -0.15) is 0 Å². The molecule has 1 aromatic rings. The second kappa shape index (κ2) is 6.54. The largest absolute Gasteiger partial charge is 0.494 e. The van der Waals surface area contributed by atoms with Gasteiger partial charge in [0.05, 0.1) is 19.5 Å². The van der Waals surface area contributed by atoms with E-state index < -0.39 is 0 Å². The van der Waals surface area contributed by atoms with Crippen molar-refractivity contribution < 1.29 is 4.74 Å². The summed E-state index contributed by atoms with van der Waals surface area (Å²) >= 11 is 0. The molecule has 3 N–H and O–H groups in total. The summed E-state index contributed by atoms with van der Waals surface area (Å²) in [5, 5.41) is 3.35. The summed E-state index contributed by atoms with van der Waals surface area (Å²) in [6.45, 7) is 0.625. The molecule has 18 heavy (non-hydrogen) atoms. The zero-order valence-corrected chi connectivity index (χ0v) is 10.9. The van der Waals surface area contributed by atoms with Crippen LogP contribution in [0.5, 0.6) is 5.75 Å². The van der Waals surface area contributed by atoms with Gasteiger partial charge in [0, 0.05) is 12.6 Å². The molecule has 0 bridgehead atoms. The number of aromatic nitrogens is 2. The van der Waals surface area contributed by atoms with Crippen LogP contribution in [0, 0.1) is 5.92 Å². The Morgan fingerprint density at radius 2 is 2.00 bits per heavy atom. The Morgan fingerprint density at radius 1 is 1.33 bits per heavy atom. The van der Waals surface area contributed by atoms with Gasteiger partial charge in [0.1, 0.15) is 0 Å². The number of nitrogens with one attached hydrogen (secondary N) is 1. The Hall–Kier alpha value is -1.36. The maximum Gasteiger partial charge on any atom is 0.223 e. The highest BCUT2D eigenvalue weighted by Crippen LogP contribution is 2.27. The smallest absolute Gasteiger partial charge is 0.223 e. The van der Waals surface area contributed by atoms with E-state index in [4.69, 9.17) is 10.5 Å². The Balaban J connectivity index is 1.95. The predicted molar refractivity (Wildman–Crippen MR) is 71.6 cm³/mol. The topological polar surface area (TPSA) is 73.1 Å². The number of ether oxygens (including phenoxy) is 1. The average Bonchev–Trinajstić information content (AvgIpc) is 2.46. The first kappa shape index (κ1) is 13.1. The molecule has 0 aliphatic heterocycles. The van der Waals surface area contributed by atoms with Crippen LogP contribution in [0.3, 0.4) is 0 Å². The highest BCUT2D eigenvalue weighted by molar-refractivity contribution is 5.28. The monoisotopic (exact) mass is 250 g/mol. The first-order valence-corrected chi connectivity index (χ1v) is 6.66. The molecule has 1 atom stereocenters. The van der Waals surface area contributed by atoms with Gasteiger partial charge in [-0.25, -0.2) is 9.97 Å². The van der Waals surface area contributed by atoms with Crippen molar-refractivity contribution in [3.05, 3.63) is 12.4 Å². The van der Waals surface area contributed by atoms with E-state index in [1.165, 1.54) is 32.1 Å². The molecule has 100 valence electrons. The molecule has 1 aliphatic rings. The van der Waals surface area contributed by atoms with Gasteiger partial charge in [-0.05, 0) is 18.8 Å². The van der Waals surface area contributed by atoms with Gasteiger partial charge in [-0.15, -0.1) is 0 Å². The van der Waals surface area contributed by atoms with Gasteiger partial charge in [-0.1, -0.05) is 19.3 Å². The number of nitrogens with two attached hydrogens (primary N) is 1. The zero-order valence-electron chi connectivity index (χ0n) is 10.9. The minimum Gasteiger partial charge on any atom is -0.494 e. The molecule has 0 radical (unpaired) electrons. The minimum atomic E-state index is 0.277. The van der Waals surface area contributed by atoms with Gasteiger partial charge in [0.2, 0.25) is 5.95 Å². The van der Waals surface area contributed by atoms with Crippen molar-refractivity contribution in [1.29, 1.82) is 0 Å². The second-order valence-electron chi connectivity index (χ2n) is 4.83. The van der Waals surface area contributed by atoms with E-state index in [0.717, 1.165) is 0 Å². The molecule has 5 nitrogen and oxygen atoms in total. The number of hydrogen-bond donors (Lipinski definition) is 2. The van der Waals surface area contributed by atoms with Crippen LogP contribution in [0.25, 0.3) is 0 Å². The van der Waals surface area contributed by atoms with Crippen LogP contribution in [-0.4, -0.2) is 29.7 Å². The van der Waals surface area contributed by atoms with Gasteiger partial charge < -0.3 is 15.8 Å². The fourth-order valence-electron chi connectivity index (χ4n) is 2.57. The van der Waals surface area contributed by atoms with E-state index >= 15 is 0 Å². The second-order valence-corrected chi connectivity index (χ2v) is 4.83. The van der Waals surface area contributed by atoms with Crippen LogP contribution < -0.4 is 15.8 Å². The normalized spacial score (nSPS) is 18.3. The molecular weight excluding hydrogens is 228 g/mol. The molecule has 5 heteroatoms. The van der Waals surface area contributed by atoms with Crippen molar-refractivity contribution in [2.24, 2.45) is 11.7 Å². The van der Waals surface area contributed by atoms with E-state index in [1.54, 1.807) is 19.5 Å².